The molecule has 0 aliphatic carbocycles. The van der Waals surface area contributed by atoms with E-state index < -0.39 is 0 Å². The summed E-state index contributed by atoms with van der Waals surface area (Å²) in [6, 6.07) is 76.0. The van der Waals surface area contributed by atoms with E-state index in [0.29, 0.717) is 0 Å². The average molecular weight is 806 g/mol. The van der Waals surface area contributed by atoms with Crippen molar-refractivity contribution in [1.82, 2.24) is 32.5 Å². The number of fused-ring (bicyclic) bond motifs is 13. The minimum Gasteiger partial charge on any atom is -0.309 e. The molecule has 294 valence electrons. The molecule has 0 fully saturated rings. The number of nitrogens with zero attached hydrogens (tertiary/aromatic N) is 7. The molecule has 0 amide bonds. The van der Waals surface area contributed by atoms with Crippen LogP contribution in [0.15, 0.2) is 212 Å². The Labute approximate surface area is 360 Å². The maximum Gasteiger partial charge on any atom is 0.220 e. The number of aromatic nitrogens is 7. The standard InChI is InChI=1S/C56H35N7/c1-3-13-36(14-4-1)37-23-27-41(28-24-37)60-51-30-25-38(33-53(51)62-49-21-11-8-18-45(49)57-55(60)62)39-26-31-52-54(34-39)63-50-22-12-9-19-46(50)58-56(63)61(52)42-29-32-48-44(35-42)43-17-7-10-20-47(43)59(48)40-15-5-2-6-16-40/h1-35H. The molecule has 0 aliphatic rings. The van der Waals surface area contributed by atoms with Gasteiger partial charge in [-0.15, -0.1) is 0 Å². The molecule has 5 heterocycles. The van der Waals surface area contributed by atoms with E-state index in [4.69, 9.17) is 9.97 Å². The number of benzene rings is 9. The van der Waals surface area contributed by atoms with Crippen LogP contribution in [0.25, 0.3) is 117 Å². The first-order chi connectivity index (χ1) is 31.2. The van der Waals surface area contributed by atoms with E-state index in [1.807, 2.05) is 0 Å². The van der Waals surface area contributed by atoms with Crippen LogP contribution in [0.5, 0.6) is 0 Å². The number of para-hydroxylation sites is 6. The van der Waals surface area contributed by atoms with Crippen molar-refractivity contribution in [2.75, 3.05) is 0 Å². The average Bonchev–Trinajstić information content (AvgIpc) is 4.14. The molecular formula is C56H35N7. The lowest BCUT2D eigenvalue weighted by molar-refractivity contribution is 1.11. The minimum absolute atomic E-state index is 0.881. The normalized spacial score (nSPS) is 12.1. The third-order valence-electron chi connectivity index (χ3n) is 12.9. The third kappa shape index (κ3) is 4.90. The van der Waals surface area contributed by atoms with Gasteiger partial charge in [-0.3, -0.25) is 17.9 Å². The van der Waals surface area contributed by atoms with Crippen LogP contribution < -0.4 is 0 Å². The van der Waals surface area contributed by atoms with Gasteiger partial charge in [0.2, 0.25) is 11.6 Å². The van der Waals surface area contributed by atoms with Crippen LogP contribution in [0.4, 0.5) is 0 Å². The van der Waals surface area contributed by atoms with Gasteiger partial charge in [0.25, 0.3) is 0 Å². The predicted molar refractivity (Wildman–Crippen MR) is 258 cm³/mol. The van der Waals surface area contributed by atoms with E-state index in [1.165, 1.54) is 32.9 Å². The van der Waals surface area contributed by atoms with Gasteiger partial charge >= 0.3 is 0 Å². The predicted octanol–water partition coefficient (Wildman–Crippen LogP) is 13.6. The van der Waals surface area contributed by atoms with E-state index in [0.717, 1.165) is 83.9 Å². The molecule has 14 aromatic rings. The topological polar surface area (TPSA) is 49.4 Å². The summed E-state index contributed by atoms with van der Waals surface area (Å²) in [5.41, 5.74) is 18.7. The van der Waals surface area contributed by atoms with Gasteiger partial charge in [0, 0.05) is 27.8 Å². The molecule has 0 saturated heterocycles. The summed E-state index contributed by atoms with van der Waals surface area (Å²) < 4.78 is 11.6. The van der Waals surface area contributed by atoms with Crippen LogP contribution >= 0.6 is 0 Å². The zero-order valence-electron chi connectivity index (χ0n) is 33.8. The Kier molecular flexibility index (Phi) is 6.98. The summed E-state index contributed by atoms with van der Waals surface area (Å²) in [5.74, 6) is 1.77. The monoisotopic (exact) mass is 805 g/mol. The molecule has 7 heteroatoms. The maximum atomic E-state index is 5.29. The molecule has 0 saturated carbocycles. The highest BCUT2D eigenvalue weighted by molar-refractivity contribution is 6.10. The minimum atomic E-state index is 0.881. The Bertz CT molecular complexity index is 4120. The highest BCUT2D eigenvalue weighted by Gasteiger charge is 2.22. The van der Waals surface area contributed by atoms with Crippen molar-refractivity contribution < 1.29 is 0 Å². The molecule has 7 nitrogen and oxygen atoms in total. The lowest BCUT2D eigenvalue weighted by Gasteiger charge is -2.10. The summed E-state index contributed by atoms with van der Waals surface area (Å²) in [5, 5.41) is 2.42. The van der Waals surface area contributed by atoms with Crippen molar-refractivity contribution in [3.8, 4) is 39.3 Å². The Morgan fingerprint density at radius 1 is 0.254 bits per heavy atom. The molecule has 0 unspecified atom stereocenters. The van der Waals surface area contributed by atoms with Crippen molar-refractivity contribution in [3.05, 3.63) is 212 Å². The fourth-order valence-electron chi connectivity index (χ4n) is 10.1. The van der Waals surface area contributed by atoms with Crippen LogP contribution in [0.2, 0.25) is 0 Å². The highest BCUT2D eigenvalue weighted by Crippen LogP contribution is 2.38. The third-order valence-corrected chi connectivity index (χ3v) is 12.9. The number of imidazole rings is 4. The fraction of sp³-hybridized carbons (Fsp3) is 0. The largest absolute Gasteiger partial charge is 0.309 e. The Morgan fingerprint density at radius 3 is 1.33 bits per heavy atom. The van der Waals surface area contributed by atoms with E-state index in [-0.39, 0.29) is 0 Å². The molecule has 0 aliphatic heterocycles. The Hall–Kier alpha value is -8.68. The molecule has 0 bridgehead atoms. The van der Waals surface area contributed by atoms with Gasteiger partial charge in [-0.2, -0.15) is 0 Å². The number of hydrogen-bond donors (Lipinski definition) is 0. The Morgan fingerprint density at radius 2 is 0.698 bits per heavy atom. The van der Waals surface area contributed by atoms with Crippen molar-refractivity contribution >= 4 is 77.5 Å². The summed E-state index contributed by atoms with van der Waals surface area (Å²) in [4.78, 5) is 10.5. The summed E-state index contributed by atoms with van der Waals surface area (Å²) in [6.07, 6.45) is 0. The van der Waals surface area contributed by atoms with Crippen LogP contribution in [-0.2, 0) is 0 Å². The van der Waals surface area contributed by atoms with Crippen LogP contribution in [-0.4, -0.2) is 32.5 Å². The second-order valence-corrected chi connectivity index (χ2v) is 16.4. The first-order valence-corrected chi connectivity index (χ1v) is 21.3. The van der Waals surface area contributed by atoms with Gasteiger partial charge in [0.15, 0.2) is 0 Å². The lowest BCUT2D eigenvalue weighted by Crippen LogP contribution is -1.96. The molecule has 63 heavy (non-hydrogen) atoms. The number of rotatable bonds is 5. The smallest absolute Gasteiger partial charge is 0.220 e. The van der Waals surface area contributed by atoms with Crippen molar-refractivity contribution in [2.45, 2.75) is 0 Å². The summed E-state index contributed by atoms with van der Waals surface area (Å²) >= 11 is 0. The first kappa shape index (κ1) is 34.1. The van der Waals surface area contributed by atoms with Gasteiger partial charge in [0.1, 0.15) is 0 Å². The molecule has 0 atom stereocenters. The second-order valence-electron chi connectivity index (χ2n) is 16.4. The Balaban J connectivity index is 0.965. The molecule has 0 spiro atoms. The lowest BCUT2D eigenvalue weighted by atomic mass is 10.0. The SMILES string of the molecule is c1ccc(-c2ccc(-n3c4ccc(-c5ccc6c(c5)n5c7ccccc7nc5n6-c5ccc6c(c5)c5ccccc5n6-c5ccccc5)cc4n4c5ccccc5nc34)cc2)cc1. The maximum absolute atomic E-state index is 5.29. The quantitative estimate of drug-likeness (QED) is 0.174. The second kappa shape index (κ2) is 12.9. The zero-order chi connectivity index (χ0) is 41.2. The van der Waals surface area contributed by atoms with Gasteiger partial charge < -0.3 is 4.57 Å². The summed E-state index contributed by atoms with van der Waals surface area (Å²) in [6.45, 7) is 0. The van der Waals surface area contributed by atoms with Gasteiger partial charge in [-0.05, 0) is 119 Å². The van der Waals surface area contributed by atoms with Crippen LogP contribution in [0, 0.1) is 0 Å². The molecule has 0 radical (unpaired) electrons. The molecule has 5 aromatic heterocycles. The molecule has 0 N–H and O–H groups in total. The zero-order valence-corrected chi connectivity index (χ0v) is 33.8. The van der Waals surface area contributed by atoms with Crippen molar-refractivity contribution in [2.24, 2.45) is 0 Å². The van der Waals surface area contributed by atoms with Crippen molar-refractivity contribution in [3.63, 3.8) is 0 Å². The number of hydrogen-bond acceptors (Lipinski definition) is 2. The van der Waals surface area contributed by atoms with E-state index >= 15 is 0 Å². The van der Waals surface area contributed by atoms with E-state index in [2.05, 4.69) is 235 Å². The van der Waals surface area contributed by atoms with Crippen LogP contribution in [0.3, 0.4) is 0 Å². The fourth-order valence-corrected chi connectivity index (χ4v) is 10.1. The van der Waals surface area contributed by atoms with E-state index in [1.54, 1.807) is 0 Å². The van der Waals surface area contributed by atoms with Gasteiger partial charge in [-0.1, -0.05) is 115 Å². The van der Waals surface area contributed by atoms with E-state index in [9.17, 15) is 0 Å². The van der Waals surface area contributed by atoms with Crippen LogP contribution in [0.1, 0.15) is 0 Å². The molecular weight excluding hydrogens is 771 g/mol. The summed E-state index contributed by atoms with van der Waals surface area (Å²) in [7, 11) is 0. The van der Waals surface area contributed by atoms with Gasteiger partial charge in [-0.25, -0.2) is 9.97 Å². The van der Waals surface area contributed by atoms with Crippen molar-refractivity contribution in [1.29, 1.82) is 0 Å². The molecule has 14 rings (SSSR count). The highest BCUT2D eigenvalue weighted by atomic mass is 15.2. The van der Waals surface area contributed by atoms with Gasteiger partial charge in [0.05, 0.1) is 55.2 Å². The molecule has 9 aromatic carbocycles. The first-order valence-electron chi connectivity index (χ1n) is 21.3.